The summed E-state index contributed by atoms with van der Waals surface area (Å²) in [6.45, 7) is 4.56. The molecule has 0 fully saturated rings. The van der Waals surface area contributed by atoms with Crippen molar-refractivity contribution in [3.63, 3.8) is 0 Å². The molecule has 0 unspecified atom stereocenters. The third-order valence-corrected chi connectivity index (χ3v) is 5.38. The maximum Gasteiger partial charge on any atom is 0.318 e. The molecule has 3 aromatic rings. The van der Waals surface area contributed by atoms with Crippen LogP contribution in [0.3, 0.4) is 0 Å². The van der Waals surface area contributed by atoms with Crippen LogP contribution in [0.5, 0.6) is 0 Å². The number of hydrazine groups is 1. The summed E-state index contributed by atoms with van der Waals surface area (Å²) in [5, 5.41) is 28.9. The van der Waals surface area contributed by atoms with Crippen molar-refractivity contribution < 1.29 is 4.85 Å². The van der Waals surface area contributed by atoms with E-state index < -0.39 is 0 Å². The number of aromatic amines is 1. The third kappa shape index (κ3) is 3.43. The first-order valence-electron chi connectivity index (χ1n) is 10.2. The minimum Gasteiger partial charge on any atom is -0.692 e. The quantitative estimate of drug-likeness (QED) is 0.452. The Labute approximate surface area is 184 Å². The van der Waals surface area contributed by atoms with Gasteiger partial charge in [0.1, 0.15) is 11.4 Å². The highest BCUT2D eigenvalue weighted by molar-refractivity contribution is 6.33. The fourth-order valence-electron chi connectivity index (χ4n) is 4.00. The molecule has 0 spiro atoms. The van der Waals surface area contributed by atoms with E-state index in [4.69, 9.17) is 10.7 Å². The van der Waals surface area contributed by atoms with E-state index in [2.05, 4.69) is 25.6 Å². The number of hydrogen-bond acceptors (Lipinski definition) is 9. The minimum absolute atomic E-state index is 0.273. The number of nitrogens with zero attached hydrogens (tertiary/aromatic N) is 8. The first kappa shape index (κ1) is 19.7. The molecule has 0 aliphatic carbocycles. The Kier molecular flexibility index (Phi) is 4.77. The average Bonchev–Trinajstić information content (AvgIpc) is 3.41. The number of aryl methyl sites for hydroxylation is 2. The molecule has 0 saturated carbocycles. The van der Waals surface area contributed by atoms with Gasteiger partial charge in [-0.05, 0) is 42.0 Å². The second-order valence-corrected chi connectivity index (χ2v) is 7.69. The number of pyridine rings is 1. The van der Waals surface area contributed by atoms with Crippen LogP contribution in [0.2, 0.25) is 0 Å². The number of hydrogen-bond donors (Lipinski definition) is 2. The molecule has 0 bridgehead atoms. The zero-order valence-electron chi connectivity index (χ0n) is 17.7. The van der Waals surface area contributed by atoms with Gasteiger partial charge in [0.25, 0.3) is 5.96 Å². The molecule has 0 radical (unpaired) electrons. The molecular weight excluding hydrogens is 408 g/mol. The van der Waals surface area contributed by atoms with Gasteiger partial charge < -0.3 is 10.9 Å². The zero-order valence-corrected chi connectivity index (χ0v) is 17.7. The van der Waals surface area contributed by atoms with Gasteiger partial charge in [0.15, 0.2) is 6.67 Å². The maximum atomic E-state index is 13.5. The number of H-pyrrole nitrogens is 1. The number of nitrogens with one attached hydrogen (secondary N) is 1. The SMILES string of the molecule is Cc1cc(C2=C(c3ccccc3)N=C(N)N3CN(CCc4nnn[nH]4)[N+]([O-])=C23)cc(C)n1. The van der Waals surface area contributed by atoms with Crippen LogP contribution in [-0.4, -0.2) is 65.4 Å². The number of amidine groups is 1. The van der Waals surface area contributed by atoms with Crippen LogP contribution in [0.4, 0.5) is 0 Å². The highest BCUT2D eigenvalue weighted by atomic mass is 16.5. The number of fused-ring (bicyclic) bond motifs is 1. The summed E-state index contributed by atoms with van der Waals surface area (Å²) in [6, 6.07) is 13.7. The molecule has 0 saturated heterocycles. The summed E-state index contributed by atoms with van der Waals surface area (Å²) in [7, 11) is 0. The van der Waals surface area contributed by atoms with Crippen molar-refractivity contribution in [1.82, 2.24) is 35.5 Å². The predicted molar refractivity (Wildman–Crippen MR) is 119 cm³/mol. The second kappa shape index (κ2) is 7.76. The summed E-state index contributed by atoms with van der Waals surface area (Å²) in [5.41, 5.74) is 11.2. The van der Waals surface area contributed by atoms with Gasteiger partial charge in [-0.2, -0.15) is 14.7 Å². The first-order chi connectivity index (χ1) is 15.5. The van der Waals surface area contributed by atoms with Crippen molar-refractivity contribution in [2.24, 2.45) is 10.7 Å². The smallest absolute Gasteiger partial charge is 0.318 e. The Bertz CT molecular complexity index is 1230. The number of aromatic nitrogens is 5. The highest BCUT2D eigenvalue weighted by Crippen LogP contribution is 2.35. The Morgan fingerprint density at radius 2 is 1.88 bits per heavy atom. The van der Waals surface area contributed by atoms with Gasteiger partial charge in [-0.15, -0.1) is 5.10 Å². The van der Waals surface area contributed by atoms with E-state index in [1.807, 2.05) is 56.3 Å². The van der Waals surface area contributed by atoms with Crippen molar-refractivity contribution in [3.8, 4) is 0 Å². The molecule has 2 aromatic heterocycles. The summed E-state index contributed by atoms with van der Waals surface area (Å²) >= 11 is 0. The van der Waals surface area contributed by atoms with Gasteiger partial charge in [0.2, 0.25) is 0 Å². The van der Waals surface area contributed by atoms with Crippen LogP contribution in [0.15, 0.2) is 47.5 Å². The first-order valence-corrected chi connectivity index (χ1v) is 10.2. The van der Waals surface area contributed by atoms with Gasteiger partial charge in [-0.1, -0.05) is 30.3 Å². The fourth-order valence-corrected chi connectivity index (χ4v) is 4.00. The number of guanidine groups is 1. The number of rotatable bonds is 5. The normalized spacial score (nSPS) is 16.0. The average molecular weight is 430 g/mol. The van der Waals surface area contributed by atoms with E-state index in [1.165, 1.54) is 0 Å². The van der Waals surface area contributed by atoms with Gasteiger partial charge in [0.05, 0.1) is 12.2 Å². The largest absolute Gasteiger partial charge is 0.692 e. The number of tetrazole rings is 1. The molecule has 11 heteroatoms. The van der Waals surface area contributed by atoms with Gasteiger partial charge in [-0.3, -0.25) is 4.98 Å². The zero-order chi connectivity index (χ0) is 22.2. The molecule has 0 amide bonds. The third-order valence-electron chi connectivity index (χ3n) is 5.38. The second-order valence-electron chi connectivity index (χ2n) is 7.69. The van der Waals surface area contributed by atoms with Gasteiger partial charge >= 0.3 is 5.84 Å². The number of hydrazone groups is 1. The van der Waals surface area contributed by atoms with Crippen molar-refractivity contribution in [1.29, 1.82) is 0 Å². The lowest BCUT2D eigenvalue weighted by Crippen LogP contribution is -2.44. The van der Waals surface area contributed by atoms with Crippen LogP contribution >= 0.6 is 0 Å². The van der Waals surface area contributed by atoms with Crippen molar-refractivity contribution in [2.45, 2.75) is 20.3 Å². The molecule has 162 valence electrons. The standard InChI is InChI=1S/C21H22N10O/c1-13-10-16(11-14(2)23-13)18-19(15-6-4-3-5-7-15)24-21(22)30-12-29(31(32)20(18)30)9-8-17-25-27-28-26-17/h3-7,10-11H,8-9,12H2,1-2H3,(H2,22,24)(H,25,26,27,28). The van der Waals surface area contributed by atoms with E-state index in [-0.39, 0.29) is 12.6 Å². The predicted octanol–water partition coefficient (Wildman–Crippen LogP) is 1.05. The lowest BCUT2D eigenvalue weighted by atomic mass is 9.96. The van der Waals surface area contributed by atoms with Crippen molar-refractivity contribution in [2.75, 3.05) is 13.2 Å². The summed E-state index contributed by atoms with van der Waals surface area (Å²) in [5.74, 6) is 1.32. The number of benzene rings is 1. The number of aliphatic imine (C=N–C) groups is 1. The molecule has 4 heterocycles. The van der Waals surface area contributed by atoms with E-state index in [0.717, 1.165) is 32.9 Å². The molecular formula is C21H22N10O. The summed E-state index contributed by atoms with van der Waals surface area (Å²) in [4.78, 5) is 11.8. The fraction of sp³-hybridized carbons (Fsp3) is 0.238. The topological polar surface area (TPSA) is 138 Å². The maximum absolute atomic E-state index is 13.5. The monoisotopic (exact) mass is 430 g/mol. The van der Waals surface area contributed by atoms with Gasteiger partial charge in [0, 0.05) is 23.4 Å². The van der Waals surface area contributed by atoms with Crippen LogP contribution < -0.4 is 5.73 Å². The lowest BCUT2D eigenvalue weighted by Gasteiger charge is -2.21. The molecule has 2 aliphatic rings. The highest BCUT2D eigenvalue weighted by Gasteiger charge is 2.43. The van der Waals surface area contributed by atoms with Crippen LogP contribution in [0.25, 0.3) is 11.3 Å². The van der Waals surface area contributed by atoms with Crippen molar-refractivity contribution >= 4 is 23.1 Å². The Balaban J connectivity index is 1.66. The Morgan fingerprint density at radius 3 is 2.56 bits per heavy atom. The number of nitrogens with two attached hydrogens (primary N) is 1. The molecule has 1 aromatic carbocycles. The molecule has 11 nitrogen and oxygen atoms in total. The Hall–Kier alpha value is -4.28. The van der Waals surface area contributed by atoms with Gasteiger partial charge in [-0.25, -0.2) is 10.1 Å². The minimum atomic E-state index is 0.273. The summed E-state index contributed by atoms with van der Waals surface area (Å²) in [6.07, 6.45) is 0.488. The van der Waals surface area contributed by atoms with E-state index in [1.54, 1.807) is 9.91 Å². The Morgan fingerprint density at radius 1 is 1.12 bits per heavy atom. The van der Waals surface area contributed by atoms with E-state index in [0.29, 0.717) is 30.3 Å². The van der Waals surface area contributed by atoms with E-state index in [9.17, 15) is 5.21 Å². The van der Waals surface area contributed by atoms with Crippen LogP contribution in [0.1, 0.15) is 28.3 Å². The van der Waals surface area contributed by atoms with Crippen LogP contribution in [0, 0.1) is 19.1 Å². The molecule has 32 heavy (non-hydrogen) atoms. The molecule has 0 atom stereocenters. The molecule has 2 aliphatic heterocycles. The molecule has 3 N–H and O–H groups in total. The summed E-state index contributed by atoms with van der Waals surface area (Å²) < 4.78 is 0. The van der Waals surface area contributed by atoms with Crippen LogP contribution in [-0.2, 0) is 6.42 Å². The molecule has 5 rings (SSSR count). The van der Waals surface area contributed by atoms with Crippen molar-refractivity contribution in [3.05, 3.63) is 76.0 Å². The van der Waals surface area contributed by atoms with E-state index >= 15 is 0 Å². The lowest BCUT2D eigenvalue weighted by molar-refractivity contribution is -0.626.